The topological polar surface area (TPSA) is 70.7 Å². The van der Waals surface area contributed by atoms with E-state index in [0.29, 0.717) is 13.1 Å². The van der Waals surface area contributed by atoms with Crippen LogP contribution in [0.4, 0.5) is 0 Å². The Balaban J connectivity index is 2.33. The molecule has 0 aromatic carbocycles. The maximum Gasteiger partial charge on any atom is 0.279 e. The van der Waals surface area contributed by atoms with Crippen LogP contribution in [0, 0.1) is 0 Å². The number of hydrogen-bond donors (Lipinski definition) is 2. The van der Waals surface area contributed by atoms with Crippen molar-refractivity contribution in [2.45, 2.75) is 38.2 Å². The lowest BCUT2D eigenvalue weighted by Crippen LogP contribution is -2.51. The van der Waals surface area contributed by atoms with Crippen molar-refractivity contribution in [3.8, 4) is 0 Å². The molecule has 0 atom stereocenters. The van der Waals surface area contributed by atoms with E-state index in [1.54, 1.807) is 14.2 Å². The van der Waals surface area contributed by atoms with E-state index in [4.69, 9.17) is 4.74 Å². The average molecular weight is 293 g/mol. The van der Waals surface area contributed by atoms with Gasteiger partial charge in [-0.3, -0.25) is 0 Å². The Hall–Kier alpha value is -0.210. The molecule has 1 aliphatic rings. The molecular formula is C12H27N3O3S. The fraction of sp³-hybridized carbons (Fsp3) is 1.00. The highest BCUT2D eigenvalue weighted by molar-refractivity contribution is 7.87. The van der Waals surface area contributed by atoms with Crippen molar-refractivity contribution in [2.24, 2.45) is 0 Å². The van der Waals surface area contributed by atoms with Crippen LogP contribution >= 0.6 is 0 Å². The average Bonchev–Trinajstić information content (AvgIpc) is 2.33. The summed E-state index contributed by atoms with van der Waals surface area (Å²) in [6, 6.07) is 0. The first-order valence-electron chi connectivity index (χ1n) is 6.92. The maximum absolute atomic E-state index is 12.0. The summed E-state index contributed by atoms with van der Waals surface area (Å²) in [4.78, 5) is 0. The predicted molar refractivity (Wildman–Crippen MR) is 76.3 cm³/mol. The summed E-state index contributed by atoms with van der Waals surface area (Å²) < 4.78 is 33.5. The summed E-state index contributed by atoms with van der Waals surface area (Å²) >= 11 is 0. The lowest BCUT2D eigenvalue weighted by molar-refractivity contribution is -0.0661. The van der Waals surface area contributed by atoms with Gasteiger partial charge in [-0.05, 0) is 38.8 Å². The number of hydrogen-bond acceptors (Lipinski definition) is 4. The van der Waals surface area contributed by atoms with E-state index in [-0.39, 0.29) is 5.60 Å². The predicted octanol–water partition coefficient (Wildman–Crippen LogP) is 0.321. The van der Waals surface area contributed by atoms with Crippen LogP contribution < -0.4 is 10.0 Å². The molecule has 1 aliphatic carbocycles. The van der Waals surface area contributed by atoms with Crippen molar-refractivity contribution in [3.05, 3.63) is 0 Å². The summed E-state index contributed by atoms with van der Waals surface area (Å²) in [5.74, 6) is 0. The Morgan fingerprint density at radius 1 is 1.37 bits per heavy atom. The van der Waals surface area contributed by atoms with Crippen LogP contribution in [0.25, 0.3) is 0 Å². The fourth-order valence-electron chi connectivity index (χ4n) is 2.08. The van der Waals surface area contributed by atoms with Gasteiger partial charge in [0.05, 0.1) is 5.60 Å². The molecule has 0 saturated heterocycles. The smallest absolute Gasteiger partial charge is 0.279 e. The number of methoxy groups -OCH3 is 1. The minimum Gasteiger partial charge on any atom is -0.377 e. The molecule has 0 amide bonds. The van der Waals surface area contributed by atoms with Crippen LogP contribution in [-0.4, -0.2) is 58.7 Å². The number of ether oxygens (including phenoxy) is 1. The monoisotopic (exact) mass is 293 g/mol. The molecule has 0 unspecified atom stereocenters. The second-order valence-electron chi connectivity index (χ2n) is 5.10. The lowest BCUT2D eigenvalue weighted by atomic mass is 9.80. The van der Waals surface area contributed by atoms with E-state index < -0.39 is 10.2 Å². The zero-order valence-electron chi connectivity index (χ0n) is 12.2. The first kappa shape index (κ1) is 16.8. The van der Waals surface area contributed by atoms with Gasteiger partial charge < -0.3 is 10.1 Å². The summed E-state index contributed by atoms with van der Waals surface area (Å²) in [5, 5.41) is 3.18. The molecule has 6 nitrogen and oxygen atoms in total. The van der Waals surface area contributed by atoms with Gasteiger partial charge in [-0.25, -0.2) is 0 Å². The molecule has 0 aromatic rings. The molecule has 7 heteroatoms. The van der Waals surface area contributed by atoms with Gasteiger partial charge in [0, 0.05) is 27.2 Å². The van der Waals surface area contributed by atoms with Crippen LogP contribution in [0.1, 0.15) is 32.6 Å². The molecule has 0 aliphatic heterocycles. The Morgan fingerprint density at radius 3 is 2.53 bits per heavy atom. The molecule has 1 fully saturated rings. The molecule has 0 radical (unpaired) electrons. The SMILES string of the molecule is CCNCCCN(C)S(=O)(=O)NCC1(OC)CCC1. The maximum atomic E-state index is 12.0. The summed E-state index contributed by atoms with van der Waals surface area (Å²) in [5.41, 5.74) is -0.280. The molecule has 0 spiro atoms. The van der Waals surface area contributed by atoms with E-state index in [1.807, 2.05) is 6.92 Å². The van der Waals surface area contributed by atoms with Gasteiger partial charge in [0.2, 0.25) is 0 Å². The van der Waals surface area contributed by atoms with Gasteiger partial charge in [-0.15, -0.1) is 0 Å². The van der Waals surface area contributed by atoms with Crippen molar-refractivity contribution in [1.29, 1.82) is 0 Å². The minimum absolute atomic E-state index is 0.280. The van der Waals surface area contributed by atoms with Crippen LogP contribution in [0.2, 0.25) is 0 Å². The minimum atomic E-state index is -3.39. The van der Waals surface area contributed by atoms with E-state index >= 15 is 0 Å². The largest absolute Gasteiger partial charge is 0.377 e. The first-order valence-corrected chi connectivity index (χ1v) is 8.36. The standard InChI is InChI=1S/C12H27N3O3S/c1-4-13-9-6-10-15(2)19(16,17)14-11-12(18-3)7-5-8-12/h13-14H,4-11H2,1-3H3. The Labute approximate surface area is 117 Å². The van der Waals surface area contributed by atoms with Crippen molar-refractivity contribution >= 4 is 10.2 Å². The van der Waals surface area contributed by atoms with E-state index in [9.17, 15) is 8.42 Å². The normalized spacial score (nSPS) is 18.5. The van der Waals surface area contributed by atoms with Crippen LogP contribution in [0.15, 0.2) is 0 Å². The van der Waals surface area contributed by atoms with Crippen molar-refractivity contribution in [3.63, 3.8) is 0 Å². The van der Waals surface area contributed by atoms with Gasteiger partial charge in [-0.2, -0.15) is 17.4 Å². The molecule has 19 heavy (non-hydrogen) atoms. The molecule has 0 aromatic heterocycles. The third-order valence-corrected chi connectivity index (χ3v) is 5.27. The van der Waals surface area contributed by atoms with E-state index in [0.717, 1.165) is 38.8 Å². The Bertz CT molecular complexity index is 350. The molecule has 1 rings (SSSR count). The van der Waals surface area contributed by atoms with Gasteiger partial charge in [-0.1, -0.05) is 6.92 Å². The third kappa shape index (κ3) is 5.00. The lowest BCUT2D eigenvalue weighted by Gasteiger charge is -2.40. The van der Waals surface area contributed by atoms with Crippen molar-refractivity contribution < 1.29 is 13.2 Å². The van der Waals surface area contributed by atoms with Crippen LogP contribution in [0.3, 0.4) is 0 Å². The highest BCUT2D eigenvalue weighted by Gasteiger charge is 2.38. The third-order valence-electron chi connectivity index (χ3n) is 3.76. The van der Waals surface area contributed by atoms with E-state index in [2.05, 4.69) is 10.0 Å². The molecule has 2 N–H and O–H groups in total. The van der Waals surface area contributed by atoms with Gasteiger partial charge in [0.25, 0.3) is 10.2 Å². The number of rotatable bonds is 10. The van der Waals surface area contributed by atoms with Crippen LogP contribution in [0.5, 0.6) is 0 Å². The molecular weight excluding hydrogens is 266 g/mol. The highest BCUT2D eigenvalue weighted by Crippen LogP contribution is 2.34. The summed E-state index contributed by atoms with van der Waals surface area (Å²) in [6.45, 7) is 4.65. The van der Waals surface area contributed by atoms with Crippen molar-refractivity contribution in [2.75, 3.05) is 40.3 Å². The highest BCUT2D eigenvalue weighted by atomic mass is 32.2. The van der Waals surface area contributed by atoms with Gasteiger partial charge >= 0.3 is 0 Å². The fourth-order valence-corrected chi connectivity index (χ4v) is 3.12. The van der Waals surface area contributed by atoms with Gasteiger partial charge in [0.1, 0.15) is 0 Å². The Morgan fingerprint density at radius 2 is 2.05 bits per heavy atom. The van der Waals surface area contributed by atoms with Crippen molar-refractivity contribution in [1.82, 2.24) is 14.3 Å². The molecule has 0 bridgehead atoms. The molecule has 114 valence electrons. The van der Waals surface area contributed by atoms with E-state index in [1.165, 1.54) is 4.31 Å². The van der Waals surface area contributed by atoms with Gasteiger partial charge in [0.15, 0.2) is 0 Å². The summed E-state index contributed by atoms with van der Waals surface area (Å²) in [6.07, 6.45) is 3.76. The zero-order chi connectivity index (χ0) is 14.4. The summed E-state index contributed by atoms with van der Waals surface area (Å²) in [7, 11) is -0.139. The molecule has 1 saturated carbocycles. The molecule has 0 heterocycles. The van der Waals surface area contributed by atoms with Crippen LogP contribution in [-0.2, 0) is 14.9 Å². The number of nitrogens with one attached hydrogen (secondary N) is 2. The second kappa shape index (κ2) is 7.54. The quantitative estimate of drug-likeness (QED) is 0.569. The first-order chi connectivity index (χ1) is 8.96. The zero-order valence-corrected chi connectivity index (χ0v) is 13.1. The Kier molecular flexibility index (Phi) is 6.68. The second-order valence-corrected chi connectivity index (χ2v) is 6.96. The number of nitrogens with zero attached hydrogens (tertiary/aromatic N) is 1.